The van der Waals surface area contributed by atoms with Gasteiger partial charge in [0.2, 0.25) is 5.88 Å². The molecule has 0 aliphatic heterocycles. The van der Waals surface area contributed by atoms with E-state index in [2.05, 4.69) is 17.2 Å². The van der Waals surface area contributed by atoms with Gasteiger partial charge >= 0.3 is 0 Å². The van der Waals surface area contributed by atoms with Crippen molar-refractivity contribution in [3.8, 4) is 5.88 Å². The molecule has 19 heavy (non-hydrogen) atoms. The molecular formula is C15H23ClN2O. The monoisotopic (exact) mass is 282 g/mol. The molecule has 1 aliphatic rings. The molecule has 0 saturated heterocycles. The predicted molar refractivity (Wildman–Crippen MR) is 80.1 cm³/mol. The Hall–Kier alpha value is -0.960. The highest BCUT2D eigenvalue weighted by atomic mass is 35.5. The SMILES string of the molecule is CCOc1cccc(NC2(CCl)CCC(C)CC2)n1. The van der Waals surface area contributed by atoms with Crippen molar-refractivity contribution in [2.45, 2.75) is 45.1 Å². The first kappa shape index (κ1) is 14.4. The molecule has 0 radical (unpaired) electrons. The van der Waals surface area contributed by atoms with Crippen LogP contribution in [0.4, 0.5) is 5.82 Å². The normalized spacial score (nSPS) is 27.0. The third-order valence-electron chi connectivity index (χ3n) is 3.90. The van der Waals surface area contributed by atoms with Crippen LogP contribution in [0.2, 0.25) is 0 Å². The van der Waals surface area contributed by atoms with Crippen LogP contribution in [0.5, 0.6) is 5.88 Å². The molecular weight excluding hydrogens is 260 g/mol. The minimum Gasteiger partial charge on any atom is -0.478 e. The van der Waals surface area contributed by atoms with Crippen molar-refractivity contribution >= 4 is 17.4 Å². The standard InChI is InChI=1S/C15H23ClN2O/c1-3-19-14-6-4-5-13(17-14)18-15(11-16)9-7-12(2)8-10-15/h4-6,12H,3,7-11H2,1-2H3,(H,17,18). The Morgan fingerprint density at radius 3 is 2.79 bits per heavy atom. The smallest absolute Gasteiger partial charge is 0.215 e. The lowest BCUT2D eigenvalue weighted by Gasteiger charge is -2.39. The molecule has 0 amide bonds. The van der Waals surface area contributed by atoms with E-state index in [1.54, 1.807) is 0 Å². The fourth-order valence-corrected chi connectivity index (χ4v) is 2.93. The average molecular weight is 283 g/mol. The van der Waals surface area contributed by atoms with Crippen LogP contribution in [0.25, 0.3) is 0 Å². The zero-order valence-corrected chi connectivity index (χ0v) is 12.5. The van der Waals surface area contributed by atoms with Crippen LogP contribution in [0, 0.1) is 5.92 Å². The summed E-state index contributed by atoms with van der Waals surface area (Å²) < 4.78 is 5.44. The van der Waals surface area contributed by atoms with Crippen molar-refractivity contribution in [2.24, 2.45) is 5.92 Å². The van der Waals surface area contributed by atoms with Gasteiger partial charge in [0, 0.05) is 11.9 Å². The van der Waals surface area contributed by atoms with Crippen LogP contribution in [-0.2, 0) is 0 Å². The summed E-state index contributed by atoms with van der Waals surface area (Å²) in [5.74, 6) is 2.96. The van der Waals surface area contributed by atoms with Gasteiger partial charge in [0.25, 0.3) is 0 Å². The molecule has 1 saturated carbocycles. The van der Waals surface area contributed by atoms with Gasteiger partial charge in [0.15, 0.2) is 0 Å². The summed E-state index contributed by atoms with van der Waals surface area (Å²) >= 11 is 6.21. The second kappa shape index (κ2) is 6.47. The maximum Gasteiger partial charge on any atom is 0.215 e. The van der Waals surface area contributed by atoms with Crippen molar-refractivity contribution in [3.63, 3.8) is 0 Å². The van der Waals surface area contributed by atoms with E-state index in [1.807, 2.05) is 25.1 Å². The van der Waals surface area contributed by atoms with Crippen molar-refractivity contribution in [1.82, 2.24) is 4.98 Å². The number of ether oxygens (including phenoxy) is 1. The highest BCUT2D eigenvalue weighted by molar-refractivity contribution is 6.18. The minimum atomic E-state index is -0.00803. The van der Waals surface area contributed by atoms with Gasteiger partial charge in [-0.1, -0.05) is 13.0 Å². The predicted octanol–water partition coefficient (Wildman–Crippen LogP) is 4.08. The van der Waals surface area contributed by atoms with Crippen molar-refractivity contribution in [3.05, 3.63) is 18.2 Å². The van der Waals surface area contributed by atoms with Crippen LogP contribution in [0.15, 0.2) is 18.2 Å². The molecule has 0 aromatic carbocycles. The summed E-state index contributed by atoms with van der Waals surface area (Å²) in [5, 5.41) is 3.54. The third-order valence-corrected chi connectivity index (χ3v) is 4.41. The van der Waals surface area contributed by atoms with Crippen LogP contribution < -0.4 is 10.1 Å². The summed E-state index contributed by atoms with van der Waals surface area (Å²) in [4.78, 5) is 4.48. The van der Waals surface area contributed by atoms with E-state index >= 15 is 0 Å². The fraction of sp³-hybridized carbons (Fsp3) is 0.667. The average Bonchev–Trinajstić information content (AvgIpc) is 2.43. The molecule has 1 aromatic rings. The molecule has 4 heteroatoms. The summed E-state index contributed by atoms with van der Waals surface area (Å²) in [5.41, 5.74) is -0.00803. The van der Waals surface area contributed by atoms with E-state index in [0.717, 1.165) is 24.6 Å². The summed E-state index contributed by atoms with van der Waals surface area (Å²) in [6, 6.07) is 5.83. The fourth-order valence-electron chi connectivity index (χ4n) is 2.59. The number of alkyl halides is 1. The maximum absolute atomic E-state index is 6.21. The molecule has 1 aliphatic carbocycles. The molecule has 0 bridgehead atoms. The number of halogens is 1. The zero-order valence-electron chi connectivity index (χ0n) is 11.8. The van der Waals surface area contributed by atoms with Gasteiger partial charge in [-0.15, -0.1) is 11.6 Å². The summed E-state index contributed by atoms with van der Waals surface area (Å²) in [6.07, 6.45) is 4.67. The highest BCUT2D eigenvalue weighted by Gasteiger charge is 2.33. The second-order valence-corrected chi connectivity index (χ2v) is 5.78. The van der Waals surface area contributed by atoms with Crippen molar-refractivity contribution in [2.75, 3.05) is 17.8 Å². The molecule has 1 fully saturated rings. The molecule has 1 N–H and O–H groups in total. The van der Waals surface area contributed by atoms with E-state index in [0.29, 0.717) is 18.4 Å². The minimum absolute atomic E-state index is 0.00803. The van der Waals surface area contributed by atoms with Crippen molar-refractivity contribution in [1.29, 1.82) is 0 Å². The number of nitrogens with zero attached hydrogens (tertiary/aromatic N) is 1. The van der Waals surface area contributed by atoms with Crippen molar-refractivity contribution < 1.29 is 4.74 Å². The maximum atomic E-state index is 6.21. The number of pyridine rings is 1. The first-order chi connectivity index (χ1) is 9.17. The van der Waals surface area contributed by atoms with Gasteiger partial charge < -0.3 is 10.1 Å². The number of rotatable bonds is 5. The van der Waals surface area contributed by atoms with E-state index in [1.165, 1.54) is 12.8 Å². The van der Waals surface area contributed by atoms with Gasteiger partial charge in [-0.25, -0.2) is 0 Å². The van der Waals surface area contributed by atoms with Gasteiger partial charge in [0.1, 0.15) is 5.82 Å². The van der Waals surface area contributed by atoms with Gasteiger partial charge in [0.05, 0.1) is 12.1 Å². The van der Waals surface area contributed by atoms with Crippen LogP contribution in [0.3, 0.4) is 0 Å². The van der Waals surface area contributed by atoms with Gasteiger partial charge in [-0.3, -0.25) is 0 Å². The Morgan fingerprint density at radius 1 is 1.42 bits per heavy atom. The highest BCUT2D eigenvalue weighted by Crippen LogP contribution is 2.35. The zero-order chi connectivity index (χ0) is 13.7. The Labute approximate surface area is 120 Å². The van der Waals surface area contributed by atoms with E-state index < -0.39 is 0 Å². The molecule has 1 heterocycles. The summed E-state index contributed by atoms with van der Waals surface area (Å²) in [7, 11) is 0. The number of aromatic nitrogens is 1. The van der Waals surface area contributed by atoms with E-state index in [-0.39, 0.29) is 5.54 Å². The van der Waals surface area contributed by atoms with Crippen LogP contribution >= 0.6 is 11.6 Å². The lowest BCUT2D eigenvalue weighted by molar-refractivity contribution is 0.285. The summed E-state index contributed by atoms with van der Waals surface area (Å²) in [6.45, 7) is 4.91. The lowest BCUT2D eigenvalue weighted by Crippen LogP contribution is -2.43. The molecule has 1 aromatic heterocycles. The molecule has 2 rings (SSSR count). The Kier molecular flexibility index (Phi) is 4.92. The molecule has 106 valence electrons. The quantitative estimate of drug-likeness (QED) is 0.826. The molecule has 0 spiro atoms. The largest absolute Gasteiger partial charge is 0.478 e. The Morgan fingerprint density at radius 2 is 2.16 bits per heavy atom. The second-order valence-electron chi connectivity index (χ2n) is 5.52. The Bertz CT molecular complexity index is 403. The number of anilines is 1. The van der Waals surface area contributed by atoms with E-state index in [9.17, 15) is 0 Å². The lowest BCUT2D eigenvalue weighted by atomic mass is 9.78. The number of hydrogen-bond acceptors (Lipinski definition) is 3. The Balaban J connectivity index is 2.07. The van der Waals surface area contributed by atoms with Crippen LogP contribution in [0.1, 0.15) is 39.5 Å². The van der Waals surface area contributed by atoms with Gasteiger partial charge in [-0.2, -0.15) is 4.98 Å². The van der Waals surface area contributed by atoms with Gasteiger partial charge in [-0.05, 0) is 44.6 Å². The number of hydrogen-bond donors (Lipinski definition) is 1. The topological polar surface area (TPSA) is 34.1 Å². The number of nitrogens with one attached hydrogen (secondary N) is 1. The van der Waals surface area contributed by atoms with Crippen LogP contribution in [-0.4, -0.2) is 23.0 Å². The molecule has 0 unspecified atom stereocenters. The first-order valence-electron chi connectivity index (χ1n) is 7.11. The van der Waals surface area contributed by atoms with E-state index in [4.69, 9.17) is 16.3 Å². The first-order valence-corrected chi connectivity index (χ1v) is 7.65. The third kappa shape index (κ3) is 3.75. The molecule has 3 nitrogen and oxygen atoms in total. The molecule has 0 atom stereocenters.